The van der Waals surface area contributed by atoms with Gasteiger partial charge in [0.25, 0.3) is 5.91 Å². The Labute approximate surface area is 175 Å². The van der Waals surface area contributed by atoms with Gasteiger partial charge < -0.3 is 10.3 Å². The van der Waals surface area contributed by atoms with Crippen LogP contribution >= 0.6 is 0 Å². The lowest BCUT2D eigenvalue weighted by Crippen LogP contribution is -2.33. The summed E-state index contributed by atoms with van der Waals surface area (Å²) in [6.45, 7) is 1.81. The first-order chi connectivity index (χ1) is 14.3. The molecule has 0 unspecified atom stereocenters. The van der Waals surface area contributed by atoms with Crippen LogP contribution in [0.4, 0.5) is 0 Å². The summed E-state index contributed by atoms with van der Waals surface area (Å²) in [4.78, 5) is 28.8. The summed E-state index contributed by atoms with van der Waals surface area (Å²) < 4.78 is 23.7. The largest absolute Gasteiger partial charge is 0.348 e. The van der Waals surface area contributed by atoms with Gasteiger partial charge in [-0.2, -0.15) is 0 Å². The molecule has 9 heteroatoms. The molecule has 3 aromatic rings. The molecule has 4 rings (SSSR count). The van der Waals surface area contributed by atoms with Gasteiger partial charge in [-0.3, -0.25) is 14.8 Å². The zero-order valence-electron chi connectivity index (χ0n) is 16.8. The highest BCUT2D eigenvalue weighted by Gasteiger charge is 2.22. The molecule has 1 amide bonds. The molecular formula is C21H23N5O3S. The topological polar surface area (TPSA) is 118 Å². The molecule has 0 aromatic carbocycles. The summed E-state index contributed by atoms with van der Waals surface area (Å²) >= 11 is 0. The average Bonchev–Trinajstić information content (AvgIpc) is 3.37. The number of sulfone groups is 1. The van der Waals surface area contributed by atoms with Gasteiger partial charge in [0.2, 0.25) is 0 Å². The summed E-state index contributed by atoms with van der Waals surface area (Å²) in [6, 6.07) is 5.36. The number of hydrogen-bond acceptors (Lipinski definition) is 6. The molecule has 1 saturated carbocycles. The van der Waals surface area contributed by atoms with Crippen molar-refractivity contribution >= 4 is 15.7 Å². The number of aromatic amines is 1. The Bertz CT molecular complexity index is 1200. The summed E-state index contributed by atoms with van der Waals surface area (Å²) in [5, 5.41) is 3.05. The number of carbonyl (C=O) groups excluding carboxylic acids is 1. The van der Waals surface area contributed by atoms with Crippen LogP contribution in [0, 0.1) is 6.92 Å². The maximum Gasteiger partial charge on any atom is 0.271 e. The molecule has 0 radical (unpaired) electrons. The molecule has 0 spiro atoms. The standard InChI is InChI=1S/C21H23N5O3S/c1-13-19(21(27)25-16-5-3-4-6-16)26-20(24-13)18-10-14(7-8-23-18)15-9-17(12-22-11-15)30(2,28)29/h7-12,16H,3-6H2,1-2H3,(H,24,26)(H,25,27). The number of aromatic nitrogens is 4. The number of nitrogens with zero attached hydrogens (tertiary/aromatic N) is 3. The van der Waals surface area contributed by atoms with E-state index in [0.29, 0.717) is 28.5 Å². The van der Waals surface area contributed by atoms with Crippen molar-refractivity contribution in [2.75, 3.05) is 6.26 Å². The van der Waals surface area contributed by atoms with E-state index in [0.717, 1.165) is 37.5 Å². The normalized spacial score (nSPS) is 14.7. The molecule has 0 atom stereocenters. The number of rotatable bonds is 5. The van der Waals surface area contributed by atoms with Crippen LogP contribution in [0.3, 0.4) is 0 Å². The Hall–Kier alpha value is -3.07. The van der Waals surface area contributed by atoms with Crippen molar-refractivity contribution < 1.29 is 13.2 Å². The zero-order chi connectivity index (χ0) is 21.3. The van der Waals surface area contributed by atoms with Gasteiger partial charge in [-0.25, -0.2) is 13.4 Å². The third-order valence-corrected chi connectivity index (χ3v) is 6.35. The Kier molecular flexibility index (Phi) is 5.38. The van der Waals surface area contributed by atoms with Gasteiger partial charge in [0.1, 0.15) is 11.4 Å². The molecule has 1 fully saturated rings. The summed E-state index contributed by atoms with van der Waals surface area (Å²) in [5.74, 6) is 0.307. The fourth-order valence-corrected chi connectivity index (χ4v) is 4.24. The number of nitrogens with one attached hydrogen (secondary N) is 2. The number of hydrogen-bond donors (Lipinski definition) is 2. The van der Waals surface area contributed by atoms with E-state index >= 15 is 0 Å². The van der Waals surface area contributed by atoms with Gasteiger partial charge in [0.15, 0.2) is 15.7 Å². The lowest BCUT2D eigenvalue weighted by molar-refractivity contribution is 0.0932. The quantitative estimate of drug-likeness (QED) is 0.649. The van der Waals surface area contributed by atoms with E-state index in [1.54, 1.807) is 30.6 Å². The zero-order valence-corrected chi connectivity index (χ0v) is 17.7. The Balaban J connectivity index is 1.62. The minimum atomic E-state index is -3.36. The molecule has 0 aliphatic heterocycles. The Morgan fingerprint density at radius 1 is 1.17 bits per heavy atom. The molecule has 1 aliphatic rings. The second-order valence-corrected chi connectivity index (χ2v) is 9.64. The minimum Gasteiger partial charge on any atom is -0.348 e. The van der Waals surface area contributed by atoms with E-state index in [4.69, 9.17) is 0 Å². The van der Waals surface area contributed by atoms with E-state index in [1.807, 2.05) is 6.92 Å². The first kappa shape index (κ1) is 20.2. The maximum atomic E-state index is 12.6. The third kappa shape index (κ3) is 4.25. The molecule has 30 heavy (non-hydrogen) atoms. The first-order valence-corrected chi connectivity index (χ1v) is 11.7. The van der Waals surface area contributed by atoms with E-state index < -0.39 is 9.84 Å². The highest BCUT2D eigenvalue weighted by Crippen LogP contribution is 2.25. The lowest BCUT2D eigenvalue weighted by Gasteiger charge is -2.10. The smallest absolute Gasteiger partial charge is 0.271 e. The monoisotopic (exact) mass is 425 g/mol. The first-order valence-electron chi connectivity index (χ1n) is 9.80. The predicted molar refractivity (Wildman–Crippen MR) is 113 cm³/mol. The lowest BCUT2D eigenvalue weighted by atomic mass is 10.1. The number of H-pyrrole nitrogens is 1. The van der Waals surface area contributed by atoms with Crippen LogP contribution in [0.5, 0.6) is 0 Å². The van der Waals surface area contributed by atoms with Crippen LogP contribution < -0.4 is 5.32 Å². The summed E-state index contributed by atoms with van der Waals surface area (Å²) in [6.07, 6.45) is 9.99. The Morgan fingerprint density at radius 3 is 2.67 bits per heavy atom. The van der Waals surface area contributed by atoms with Crippen LogP contribution in [-0.2, 0) is 9.84 Å². The fourth-order valence-electron chi connectivity index (χ4n) is 3.65. The van der Waals surface area contributed by atoms with E-state index in [-0.39, 0.29) is 16.8 Å². The number of aryl methyl sites for hydroxylation is 1. The van der Waals surface area contributed by atoms with Crippen molar-refractivity contribution in [1.82, 2.24) is 25.3 Å². The highest BCUT2D eigenvalue weighted by molar-refractivity contribution is 7.90. The van der Waals surface area contributed by atoms with Crippen LogP contribution in [-0.4, -0.2) is 46.6 Å². The van der Waals surface area contributed by atoms with Crippen molar-refractivity contribution in [3.63, 3.8) is 0 Å². The highest BCUT2D eigenvalue weighted by atomic mass is 32.2. The number of carbonyl (C=O) groups is 1. The molecule has 3 aromatic heterocycles. The fraction of sp³-hybridized carbons (Fsp3) is 0.333. The van der Waals surface area contributed by atoms with Crippen molar-refractivity contribution in [2.45, 2.75) is 43.5 Å². The van der Waals surface area contributed by atoms with Gasteiger partial charge in [-0.1, -0.05) is 12.8 Å². The molecule has 0 saturated heterocycles. The number of amides is 1. The molecule has 0 bridgehead atoms. The van der Waals surface area contributed by atoms with Gasteiger partial charge in [0.05, 0.1) is 4.90 Å². The summed E-state index contributed by atoms with van der Waals surface area (Å²) in [7, 11) is -3.36. The van der Waals surface area contributed by atoms with Crippen molar-refractivity contribution in [2.24, 2.45) is 0 Å². The molecule has 3 heterocycles. The van der Waals surface area contributed by atoms with Gasteiger partial charge in [-0.15, -0.1) is 0 Å². The number of pyridine rings is 2. The average molecular weight is 426 g/mol. The van der Waals surface area contributed by atoms with Crippen molar-refractivity contribution in [3.05, 3.63) is 48.2 Å². The molecular weight excluding hydrogens is 402 g/mol. The van der Waals surface area contributed by atoms with Crippen LogP contribution in [0.15, 0.2) is 41.7 Å². The Morgan fingerprint density at radius 2 is 1.93 bits per heavy atom. The second-order valence-electron chi connectivity index (χ2n) is 7.63. The maximum absolute atomic E-state index is 12.6. The van der Waals surface area contributed by atoms with Crippen LogP contribution in [0.2, 0.25) is 0 Å². The van der Waals surface area contributed by atoms with Gasteiger partial charge >= 0.3 is 0 Å². The molecule has 1 aliphatic carbocycles. The van der Waals surface area contributed by atoms with E-state index in [1.165, 1.54) is 6.20 Å². The third-order valence-electron chi connectivity index (χ3n) is 5.27. The molecule has 8 nitrogen and oxygen atoms in total. The van der Waals surface area contributed by atoms with Crippen molar-refractivity contribution in [1.29, 1.82) is 0 Å². The predicted octanol–water partition coefficient (Wildman–Crippen LogP) is 2.92. The van der Waals surface area contributed by atoms with E-state index in [9.17, 15) is 13.2 Å². The van der Waals surface area contributed by atoms with Crippen LogP contribution in [0.1, 0.15) is 41.9 Å². The molecule has 2 N–H and O–H groups in total. The van der Waals surface area contributed by atoms with Gasteiger partial charge in [0, 0.05) is 42.1 Å². The minimum absolute atomic E-state index is 0.151. The van der Waals surface area contributed by atoms with Gasteiger partial charge in [-0.05, 0) is 43.5 Å². The van der Waals surface area contributed by atoms with Crippen LogP contribution in [0.25, 0.3) is 22.6 Å². The second kappa shape index (κ2) is 7.98. The van der Waals surface area contributed by atoms with E-state index in [2.05, 4.69) is 25.3 Å². The summed E-state index contributed by atoms with van der Waals surface area (Å²) in [5.41, 5.74) is 3.01. The number of imidazole rings is 1. The van der Waals surface area contributed by atoms with Crippen molar-refractivity contribution in [3.8, 4) is 22.6 Å². The SMILES string of the molecule is Cc1[nH]c(-c2cc(-c3cncc(S(C)(=O)=O)c3)ccn2)nc1C(=O)NC1CCCC1. The molecule has 156 valence electrons.